The molecule has 1 aromatic rings. The van der Waals surface area contributed by atoms with Crippen molar-refractivity contribution in [2.45, 2.75) is 26.8 Å². The van der Waals surface area contributed by atoms with Gasteiger partial charge in [-0.05, 0) is 20.8 Å². The molecule has 0 aliphatic carbocycles. The molecular formula is C8H14N4O. The smallest absolute Gasteiger partial charge is 0.269 e. The third-order valence-electron chi connectivity index (χ3n) is 1.85. The molecule has 1 heterocycles. The van der Waals surface area contributed by atoms with Crippen LogP contribution in [-0.4, -0.2) is 15.7 Å². The average Bonchev–Trinajstić information content (AvgIpc) is 2.28. The molecular weight excluding hydrogens is 168 g/mol. The van der Waals surface area contributed by atoms with Gasteiger partial charge in [0.1, 0.15) is 5.69 Å². The van der Waals surface area contributed by atoms with Crippen molar-refractivity contribution in [1.82, 2.24) is 9.78 Å². The van der Waals surface area contributed by atoms with Gasteiger partial charge in [0.15, 0.2) is 0 Å². The van der Waals surface area contributed by atoms with E-state index in [-0.39, 0.29) is 6.04 Å². The molecule has 1 rings (SSSR count). The molecule has 0 aliphatic heterocycles. The van der Waals surface area contributed by atoms with Crippen LogP contribution in [-0.2, 0) is 0 Å². The molecule has 0 aromatic carbocycles. The fraction of sp³-hybridized carbons (Fsp3) is 0.500. The van der Waals surface area contributed by atoms with Crippen LogP contribution in [0.1, 0.15) is 36.1 Å². The standard InChI is InChI=1S/C8H14N4O/c1-4(2)12-7(8(10)13)6(9)5(3)11-12/h4H,9H2,1-3H3,(H2,10,13). The van der Waals surface area contributed by atoms with E-state index in [0.717, 1.165) is 0 Å². The summed E-state index contributed by atoms with van der Waals surface area (Å²) in [5.41, 5.74) is 12.2. The lowest BCUT2D eigenvalue weighted by molar-refractivity contribution is 0.0989. The molecule has 0 spiro atoms. The number of nitrogen functional groups attached to an aromatic ring is 1. The van der Waals surface area contributed by atoms with Crippen LogP contribution in [0.15, 0.2) is 0 Å². The summed E-state index contributed by atoms with van der Waals surface area (Å²) < 4.78 is 1.55. The van der Waals surface area contributed by atoms with Gasteiger partial charge in [0.2, 0.25) is 0 Å². The lowest BCUT2D eigenvalue weighted by Gasteiger charge is -2.08. The van der Waals surface area contributed by atoms with Crippen molar-refractivity contribution >= 4 is 11.6 Å². The Morgan fingerprint density at radius 1 is 1.54 bits per heavy atom. The summed E-state index contributed by atoms with van der Waals surface area (Å²) in [6.07, 6.45) is 0. The van der Waals surface area contributed by atoms with Crippen LogP contribution < -0.4 is 11.5 Å². The number of aryl methyl sites for hydroxylation is 1. The lowest BCUT2D eigenvalue weighted by atomic mass is 10.3. The second-order valence-corrected chi connectivity index (χ2v) is 3.25. The summed E-state index contributed by atoms with van der Waals surface area (Å²) >= 11 is 0. The second kappa shape index (κ2) is 3.08. The van der Waals surface area contributed by atoms with Crippen LogP contribution in [0.5, 0.6) is 0 Å². The topological polar surface area (TPSA) is 86.9 Å². The summed E-state index contributed by atoms with van der Waals surface area (Å²) in [7, 11) is 0. The van der Waals surface area contributed by atoms with E-state index in [1.807, 2.05) is 13.8 Å². The zero-order valence-electron chi connectivity index (χ0n) is 8.03. The zero-order valence-corrected chi connectivity index (χ0v) is 8.03. The largest absolute Gasteiger partial charge is 0.395 e. The quantitative estimate of drug-likeness (QED) is 0.696. The third-order valence-corrected chi connectivity index (χ3v) is 1.85. The van der Waals surface area contributed by atoms with Gasteiger partial charge in [0.25, 0.3) is 5.91 Å². The van der Waals surface area contributed by atoms with Gasteiger partial charge in [-0.15, -0.1) is 0 Å². The van der Waals surface area contributed by atoms with E-state index in [1.165, 1.54) is 0 Å². The van der Waals surface area contributed by atoms with Gasteiger partial charge in [-0.2, -0.15) is 5.10 Å². The Balaban J connectivity index is 3.35. The molecule has 1 aromatic heterocycles. The Bertz CT molecular complexity index is 340. The van der Waals surface area contributed by atoms with Crippen molar-refractivity contribution in [3.05, 3.63) is 11.4 Å². The summed E-state index contributed by atoms with van der Waals surface area (Å²) in [5.74, 6) is -0.535. The lowest BCUT2D eigenvalue weighted by Crippen LogP contribution is -2.20. The fourth-order valence-corrected chi connectivity index (χ4v) is 1.18. The fourth-order valence-electron chi connectivity index (χ4n) is 1.18. The van der Waals surface area contributed by atoms with Crippen LogP contribution in [0.4, 0.5) is 5.69 Å². The summed E-state index contributed by atoms with van der Waals surface area (Å²) in [6.45, 7) is 5.58. The summed E-state index contributed by atoms with van der Waals surface area (Å²) in [5, 5.41) is 4.12. The molecule has 4 N–H and O–H groups in total. The number of rotatable bonds is 2. The van der Waals surface area contributed by atoms with E-state index in [0.29, 0.717) is 17.1 Å². The molecule has 0 radical (unpaired) electrons. The molecule has 0 saturated heterocycles. The highest BCUT2D eigenvalue weighted by atomic mass is 16.1. The molecule has 5 heteroatoms. The van der Waals surface area contributed by atoms with E-state index >= 15 is 0 Å². The number of amides is 1. The number of anilines is 1. The molecule has 0 aliphatic rings. The number of hydrogen-bond acceptors (Lipinski definition) is 3. The van der Waals surface area contributed by atoms with Crippen molar-refractivity contribution in [2.24, 2.45) is 5.73 Å². The van der Waals surface area contributed by atoms with Crippen LogP contribution in [0, 0.1) is 6.92 Å². The number of hydrogen-bond donors (Lipinski definition) is 2. The molecule has 0 saturated carbocycles. The van der Waals surface area contributed by atoms with Gasteiger partial charge in [-0.3, -0.25) is 9.48 Å². The first-order chi connectivity index (χ1) is 5.95. The number of nitrogens with zero attached hydrogens (tertiary/aromatic N) is 2. The molecule has 13 heavy (non-hydrogen) atoms. The van der Waals surface area contributed by atoms with Gasteiger partial charge >= 0.3 is 0 Å². The number of carbonyl (C=O) groups is 1. The molecule has 0 fully saturated rings. The minimum Gasteiger partial charge on any atom is -0.395 e. The number of aromatic nitrogens is 2. The van der Waals surface area contributed by atoms with Crippen LogP contribution in [0.2, 0.25) is 0 Å². The van der Waals surface area contributed by atoms with Gasteiger partial charge < -0.3 is 11.5 Å². The Labute approximate surface area is 76.7 Å². The Hall–Kier alpha value is -1.52. The minimum atomic E-state index is -0.535. The predicted molar refractivity (Wildman–Crippen MR) is 50.3 cm³/mol. The van der Waals surface area contributed by atoms with E-state index in [4.69, 9.17) is 11.5 Å². The molecule has 1 amide bonds. The number of carbonyl (C=O) groups excluding carboxylic acids is 1. The van der Waals surface area contributed by atoms with Crippen molar-refractivity contribution in [2.75, 3.05) is 5.73 Å². The number of nitrogens with two attached hydrogens (primary N) is 2. The highest BCUT2D eigenvalue weighted by Gasteiger charge is 2.18. The first-order valence-electron chi connectivity index (χ1n) is 4.09. The Morgan fingerprint density at radius 3 is 2.38 bits per heavy atom. The first-order valence-corrected chi connectivity index (χ1v) is 4.09. The summed E-state index contributed by atoms with van der Waals surface area (Å²) in [6, 6.07) is 0.0819. The number of primary amides is 1. The maximum Gasteiger partial charge on any atom is 0.269 e. The van der Waals surface area contributed by atoms with Crippen molar-refractivity contribution in [3.63, 3.8) is 0 Å². The highest BCUT2D eigenvalue weighted by Crippen LogP contribution is 2.19. The first kappa shape index (κ1) is 9.57. The maximum atomic E-state index is 11.0. The normalized spacial score (nSPS) is 10.8. The molecule has 5 nitrogen and oxygen atoms in total. The molecule has 0 unspecified atom stereocenters. The second-order valence-electron chi connectivity index (χ2n) is 3.25. The van der Waals surface area contributed by atoms with Crippen molar-refractivity contribution in [1.29, 1.82) is 0 Å². The van der Waals surface area contributed by atoms with Crippen LogP contribution in [0.25, 0.3) is 0 Å². The van der Waals surface area contributed by atoms with Crippen molar-refractivity contribution in [3.8, 4) is 0 Å². The van der Waals surface area contributed by atoms with E-state index in [1.54, 1.807) is 11.6 Å². The Morgan fingerprint density at radius 2 is 2.08 bits per heavy atom. The summed E-state index contributed by atoms with van der Waals surface area (Å²) in [4.78, 5) is 11.0. The predicted octanol–water partition coefficient (Wildman–Crippen LogP) is 0.454. The molecule has 0 atom stereocenters. The van der Waals surface area contributed by atoms with Gasteiger partial charge in [0.05, 0.1) is 11.4 Å². The minimum absolute atomic E-state index is 0.0819. The van der Waals surface area contributed by atoms with Gasteiger partial charge in [-0.1, -0.05) is 0 Å². The Kier molecular flexibility index (Phi) is 2.27. The van der Waals surface area contributed by atoms with Crippen LogP contribution >= 0.6 is 0 Å². The average molecular weight is 182 g/mol. The molecule has 0 bridgehead atoms. The SMILES string of the molecule is Cc1nn(C(C)C)c(C(N)=O)c1N. The highest BCUT2D eigenvalue weighted by molar-refractivity contribution is 5.96. The van der Waals surface area contributed by atoms with Gasteiger partial charge in [-0.25, -0.2) is 0 Å². The monoisotopic (exact) mass is 182 g/mol. The van der Waals surface area contributed by atoms with Crippen LogP contribution in [0.3, 0.4) is 0 Å². The molecule has 72 valence electrons. The van der Waals surface area contributed by atoms with E-state index < -0.39 is 5.91 Å². The zero-order chi connectivity index (χ0) is 10.2. The van der Waals surface area contributed by atoms with E-state index in [9.17, 15) is 4.79 Å². The van der Waals surface area contributed by atoms with Crippen molar-refractivity contribution < 1.29 is 4.79 Å². The van der Waals surface area contributed by atoms with E-state index in [2.05, 4.69) is 5.10 Å². The van der Waals surface area contributed by atoms with Gasteiger partial charge in [0, 0.05) is 6.04 Å². The maximum absolute atomic E-state index is 11.0. The third kappa shape index (κ3) is 1.49.